The molecule has 0 unspecified atom stereocenters. The molecule has 2 aromatic rings. The summed E-state index contributed by atoms with van der Waals surface area (Å²) in [6, 6.07) is 11.4. The van der Waals surface area contributed by atoms with Crippen LogP contribution in [-0.2, 0) is 24.3 Å². The third kappa shape index (κ3) is 3.15. The van der Waals surface area contributed by atoms with Crippen molar-refractivity contribution in [3.05, 3.63) is 53.2 Å². The Morgan fingerprint density at radius 3 is 2.91 bits per heavy atom. The zero-order valence-electron chi connectivity index (χ0n) is 12.0. The monoisotopic (exact) mass is 299 g/mol. The van der Waals surface area contributed by atoms with Gasteiger partial charge in [-0.15, -0.1) is 5.10 Å². The molecule has 7 nitrogen and oxygen atoms in total. The molecule has 1 aliphatic rings. The Bertz CT molecular complexity index is 662. The lowest BCUT2D eigenvalue weighted by Gasteiger charge is -2.27. The molecule has 1 aliphatic heterocycles. The second-order valence-corrected chi connectivity index (χ2v) is 5.06. The summed E-state index contributed by atoms with van der Waals surface area (Å²) >= 11 is 0. The van der Waals surface area contributed by atoms with E-state index in [4.69, 9.17) is 10.6 Å². The van der Waals surface area contributed by atoms with E-state index < -0.39 is 0 Å². The van der Waals surface area contributed by atoms with Crippen molar-refractivity contribution in [1.82, 2.24) is 15.1 Å². The standard InChI is InChI=1S/C15H17N5O2/c16-17-14-8-12-9-20(7-6-13(12)18-19-14)15(21)22-10-11-4-2-1-3-5-11/h1-5,8H,6-7,9-10,16H2,(H,17,19). The number of ether oxygens (including phenoxy) is 1. The minimum absolute atomic E-state index is 0.271. The van der Waals surface area contributed by atoms with Crippen molar-refractivity contribution in [2.24, 2.45) is 5.84 Å². The van der Waals surface area contributed by atoms with Crippen LogP contribution in [0.1, 0.15) is 16.8 Å². The van der Waals surface area contributed by atoms with Gasteiger partial charge in [0, 0.05) is 13.0 Å². The van der Waals surface area contributed by atoms with Crippen LogP contribution in [-0.4, -0.2) is 27.7 Å². The lowest BCUT2D eigenvalue weighted by Crippen LogP contribution is -2.37. The number of amides is 1. The van der Waals surface area contributed by atoms with Crippen LogP contribution in [0.15, 0.2) is 36.4 Å². The molecule has 7 heteroatoms. The van der Waals surface area contributed by atoms with Gasteiger partial charge in [0.2, 0.25) is 0 Å². The number of aromatic nitrogens is 2. The van der Waals surface area contributed by atoms with Crippen LogP contribution in [0.5, 0.6) is 0 Å². The van der Waals surface area contributed by atoms with Crippen molar-refractivity contribution in [3.8, 4) is 0 Å². The highest BCUT2D eigenvalue weighted by molar-refractivity contribution is 5.68. The molecule has 0 saturated heterocycles. The molecule has 0 spiro atoms. The van der Waals surface area contributed by atoms with Gasteiger partial charge in [-0.3, -0.25) is 0 Å². The third-order valence-corrected chi connectivity index (χ3v) is 3.55. The number of carbonyl (C=O) groups excluding carboxylic acids is 1. The van der Waals surface area contributed by atoms with E-state index >= 15 is 0 Å². The van der Waals surface area contributed by atoms with Gasteiger partial charge in [-0.05, 0) is 17.2 Å². The van der Waals surface area contributed by atoms with Gasteiger partial charge in [-0.2, -0.15) is 5.10 Å². The first kappa shape index (κ1) is 14.3. The summed E-state index contributed by atoms with van der Waals surface area (Å²) in [6.45, 7) is 1.30. The van der Waals surface area contributed by atoms with E-state index in [1.807, 2.05) is 30.3 Å². The first-order chi connectivity index (χ1) is 10.8. The molecule has 3 rings (SSSR count). The van der Waals surface area contributed by atoms with Crippen molar-refractivity contribution in [2.45, 2.75) is 19.6 Å². The topological polar surface area (TPSA) is 93.4 Å². The van der Waals surface area contributed by atoms with Crippen molar-refractivity contribution in [1.29, 1.82) is 0 Å². The number of fused-ring (bicyclic) bond motifs is 1. The van der Waals surface area contributed by atoms with Gasteiger partial charge in [0.1, 0.15) is 6.61 Å². The molecule has 0 fully saturated rings. The Balaban J connectivity index is 1.62. The Morgan fingerprint density at radius 2 is 2.14 bits per heavy atom. The van der Waals surface area contributed by atoms with E-state index in [0.717, 1.165) is 16.8 Å². The van der Waals surface area contributed by atoms with E-state index in [0.29, 0.717) is 25.3 Å². The third-order valence-electron chi connectivity index (χ3n) is 3.55. The first-order valence-electron chi connectivity index (χ1n) is 7.04. The molecule has 3 N–H and O–H groups in total. The van der Waals surface area contributed by atoms with E-state index in [1.165, 1.54) is 0 Å². The van der Waals surface area contributed by atoms with Gasteiger partial charge < -0.3 is 15.1 Å². The van der Waals surface area contributed by atoms with E-state index in [9.17, 15) is 4.79 Å². The lowest BCUT2D eigenvalue weighted by molar-refractivity contribution is 0.0915. The fourth-order valence-electron chi connectivity index (χ4n) is 2.37. The van der Waals surface area contributed by atoms with Gasteiger partial charge in [-0.25, -0.2) is 10.6 Å². The number of hydrazine groups is 1. The fraction of sp³-hybridized carbons (Fsp3) is 0.267. The first-order valence-corrected chi connectivity index (χ1v) is 7.04. The maximum Gasteiger partial charge on any atom is 0.410 e. The molecule has 0 saturated carbocycles. The van der Waals surface area contributed by atoms with E-state index in [2.05, 4.69) is 15.6 Å². The number of hydrogen-bond acceptors (Lipinski definition) is 6. The van der Waals surface area contributed by atoms with Crippen LogP contribution in [0.4, 0.5) is 10.6 Å². The molecule has 22 heavy (non-hydrogen) atoms. The molecule has 1 aromatic heterocycles. The number of nitrogens with one attached hydrogen (secondary N) is 1. The van der Waals surface area contributed by atoms with Gasteiger partial charge in [0.05, 0.1) is 12.2 Å². The molecule has 0 bridgehead atoms. The second-order valence-electron chi connectivity index (χ2n) is 5.06. The highest BCUT2D eigenvalue weighted by Gasteiger charge is 2.23. The highest BCUT2D eigenvalue weighted by atomic mass is 16.6. The van der Waals surface area contributed by atoms with Crippen molar-refractivity contribution in [3.63, 3.8) is 0 Å². The van der Waals surface area contributed by atoms with Crippen LogP contribution in [0, 0.1) is 0 Å². The summed E-state index contributed by atoms with van der Waals surface area (Å²) in [6.07, 6.45) is 0.335. The average Bonchev–Trinajstić information content (AvgIpc) is 2.59. The summed E-state index contributed by atoms with van der Waals surface area (Å²) in [4.78, 5) is 13.8. The molecule has 2 heterocycles. The number of carbonyl (C=O) groups is 1. The Morgan fingerprint density at radius 1 is 1.32 bits per heavy atom. The average molecular weight is 299 g/mol. The predicted molar refractivity (Wildman–Crippen MR) is 80.6 cm³/mol. The number of rotatable bonds is 3. The van der Waals surface area contributed by atoms with Crippen molar-refractivity contribution < 1.29 is 9.53 Å². The SMILES string of the molecule is NNc1cc2c(nn1)CCN(C(=O)OCc1ccccc1)C2. The number of nitrogens with zero attached hydrogens (tertiary/aromatic N) is 3. The highest BCUT2D eigenvalue weighted by Crippen LogP contribution is 2.19. The minimum atomic E-state index is -0.325. The Hall–Kier alpha value is -2.67. The lowest BCUT2D eigenvalue weighted by atomic mass is 10.1. The summed E-state index contributed by atoms with van der Waals surface area (Å²) in [5.74, 6) is 5.82. The van der Waals surface area contributed by atoms with Gasteiger partial charge in [0.25, 0.3) is 0 Å². The van der Waals surface area contributed by atoms with Gasteiger partial charge in [-0.1, -0.05) is 30.3 Å². The summed E-state index contributed by atoms with van der Waals surface area (Å²) in [7, 11) is 0. The number of nitrogen functional groups attached to an aromatic ring is 1. The second kappa shape index (κ2) is 6.40. The van der Waals surface area contributed by atoms with Crippen LogP contribution in [0.3, 0.4) is 0 Å². The molecule has 0 radical (unpaired) electrons. The zero-order chi connectivity index (χ0) is 15.4. The number of benzene rings is 1. The largest absolute Gasteiger partial charge is 0.445 e. The molecule has 0 aliphatic carbocycles. The Kier molecular flexibility index (Phi) is 4.15. The number of nitrogens with two attached hydrogens (primary N) is 1. The van der Waals surface area contributed by atoms with Gasteiger partial charge >= 0.3 is 6.09 Å². The van der Waals surface area contributed by atoms with Crippen LogP contribution in [0.2, 0.25) is 0 Å². The maximum absolute atomic E-state index is 12.2. The quantitative estimate of drug-likeness (QED) is 0.658. The van der Waals surface area contributed by atoms with Crippen LogP contribution in [0.25, 0.3) is 0 Å². The number of anilines is 1. The molecular weight excluding hydrogens is 282 g/mol. The molecule has 0 atom stereocenters. The normalized spacial score (nSPS) is 13.4. The predicted octanol–water partition coefficient (Wildman–Crippen LogP) is 1.46. The minimum Gasteiger partial charge on any atom is -0.445 e. The van der Waals surface area contributed by atoms with Crippen LogP contribution >= 0.6 is 0 Å². The summed E-state index contributed by atoms with van der Waals surface area (Å²) < 4.78 is 5.35. The van der Waals surface area contributed by atoms with Crippen molar-refractivity contribution >= 4 is 11.9 Å². The summed E-state index contributed by atoms with van der Waals surface area (Å²) in [5, 5.41) is 8.04. The fourth-order valence-corrected chi connectivity index (χ4v) is 2.37. The number of hydrogen-bond donors (Lipinski definition) is 2. The maximum atomic E-state index is 12.2. The van der Waals surface area contributed by atoms with Crippen LogP contribution < -0.4 is 11.3 Å². The van der Waals surface area contributed by atoms with E-state index in [1.54, 1.807) is 11.0 Å². The van der Waals surface area contributed by atoms with Gasteiger partial charge in [0.15, 0.2) is 5.82 Å². The summed E-state index contributed by atoms with van der Waals surface area (Å²) in [5.41, 5.74) is 5.26. The van der Waals surface area contributed by atoms with E-state index in [-0.39, 0.29) is 12.7 Å². The Labute approximate surface area is 128 Å². The van der Waals surface area contributed by atoms with Crippen molar-refractivity contribution in [2.75, 3.05) is 12.0 Å². The molecular formula is C15H17N5O2. The molecule has 1 amide bonds. The molecule has 1 aromatic carbocycles. The zero-order valence-corrected chi connectivity index (χ0v) is 12.0. The molecule has 114 valence electrons. The smallest absolute Gasteiger partial charge is 0.410 e.